The predicted octanol–water partition coefficient (Wildman–Crippen LogP) is 3.31. The first-order valence-corrected chi connectivity index (χ1v) is 9.75. The number of ether oxygens (including phenoxy) is 1. The van der Waals surface area contributed by atoms with Crippen LogP contribution in [0.2, 0.25) is 0 Å². The lowest BCUT2D eigenvalue weighted by Crippen LogP contribution is -2.47. The Hall–Kier alpha value is -1.96. The molecule has 4 rings (SSSR count). The molecule has 0 radical (unpaired) electrons. The molecule has 7 heteroatoms. The minimum Gasteiger partial charge on any atom is -0.492 e. The van der Waals surface area contributed by atoms with Crippen molar-refractivity contribution in [3.63, 3.8) is 0 Å². The quantitative estimate of drug-likeness (QED) is 0.764. The normalized spacial score (nSPS) is 22.8. The van der Waals surface area contributed by atoms with Crippen LogP contribution in [-0.4, -0.2) is 49.9 Å². The minimum atomic E-state index is -0.0433. The van der Waals surface area contributed by atoms with Crippen LogP contribution in [-0.2, 0) is 4.74 Å². The molecule has 1 N–H and O–H groups in total. The van der Waals surface area contributed by atoms with Crippen LogP contribution in [0.5, 0.6) is 5.88 Å². The lowest BCUT2D eigenvalue weighted by molar-refractivity contribution is -0.0764. The lowest BCUT2D eigenvalue weighted by atomic mass is 10.0. The van der Waals surface area contributed by atoms with Gasteiger partial charge in [-0.15, -0.1) is 5.10 Å². The number of hydrogen-bond acceptors (Lipinski definition) is 6. The van der Waals surface area contributed by atoms with Gasteiger partial charge in [0.2, 0.25) is 10.8 Å². The molecule has 26 heavy (non-hydrogen) atoms. The maximum Gasteiger partial charge on any atom is 0.230 e. The number of hydrogen-bond donors (Lipinski definition) is 1. The van der Waals surface area contributed by atoms with Gasteiger partial charge in [0.1, 0.15) is 5.82 Å². The monoisotopic (exact) mass is 372 g/mol. The highest BCUT2D eigenvalue weighted by Gasteiger charge is 2.33. The van der Waals surface area contributed by atoms with Crippen LogP contribution in [0.1, 0.15) is 41.7 Å². The molecule has 138 valence electrons. The fourth-order valence-corrected chi connectivity index (χ4v) is 4.89. The van der Waals surface area contributed by atoms with Crippen molar-refractivity contribution in [1.29, 1.82) is 0 Å². The second-order valence-corrected chi connectivity index (χ2v) is 8.18. The number of thiazole rings is 1. The summed E-state index contributed by atoms with van der Waals surface area (Å²) >= 11 is 1.50. The predicted molar refractivity (Wildman–Crippen MR) is 102 cm³/mol. The van der Waals surface area contributed by atoms with E-state index >= 15 is 0 Å². The highest BCUT2D eigenvalue weighted by atomic mass is 32.1. The van der Waals surface area contributed by atoms with Crippen molar-refractivity contribution in [1.82, 2.24) is 19.5 Å². The van der Waals surface area contributed by atoms with Gasteiger partial charge >= 0.3 is 0 Å². The molecule has 3 aromatic rings. The van der Waals surface area contributed by atoms with Gasteiger partial charge in [0, 0.05) is 13.1 Å². The third kappa shape index (κ3) is 3.11. The molecule has 0 bridgehead atoms. The van der Waals surface area contributed by atoms with Gasteiger partial charge in [0.15, 0.2) is 0 Å². The van der Waals surface area contributed by atoms with E-state index < -0.39 is 0 Å². The third-order valence-corrected chi connectivity index (χ3v) is 5.83. The highest BCUT2D eigenvalue weighted by molar-refractivity contribution is 7.17. The van der Waals surface area contributed by atoms with Crippen LogP contribution in [0, 0.1) is 13.8 Å². The summed E-state index contributed by atoms with van der Waals surface area (Å²) in [6, 6.07) is 8.48. The van der Waals surface area contributed by atoms with Crippen molar-refractivity contribution in [3.8, 4) is 5.88 Å². The number of nitrogens with zero attached hydrogens (tertiary/aromatic N) is 4. The molecule has 2 aromatic heterocycles. The van der Waals surface area contributed by atoms with Crippen molar-refractivity contribution in [3.05, 3.63) is 46.1 Å². The van der Waals surface area contributed by atoms with Crippen molar-refractivity contribution in [2.45, 2.75) is 45.9 Å². The van der Waals surface area contributed by atoms with E-state index in [1.807, 2.05) is 6.92 Å². The fraction of sp³-hybridized carbons (Fsp3) is 0.474. The molecule has 1 aromatic carbocycles. The topological polar surface area (TPSA) is 62.9 Å². The molecule has 1 saturated heterocycles. The van der Waals surface area contributed by atoms with Gasteiger partial charge in [0.05, 0.1) is 23.1 Å². The van der Waals surface area contributed by atoms with E-state index in [0.717, 1.165) is 28.5 Å². The number of morpholine rings is 1. The number of aromatic nitrogens is 3. The van der Waals surface area contributed by atoms with Gasteiger partial charge in [-0.05, 0) is 33.3 Å². The summed E-state index contributed by atoms with van der Waals surface area (Å²) in [6.07, 6.45) is 0.302. The maximum atomic E-state index is 10.9. The summed E-state index contributed by atoms with van der Waals surface area (Å²) < 4.78 is 7.46. The Morgan fingerprint density at radius 2 is 1.81 bits per heavy atom. The van der Waals surface area contributed by atoms with Crippen molar-refractivity contribution >= 4 is 16.3 Å². The first-order chi connectivity index (χ1) is 12.4. The SMILES string of the molecule is Cc1ccc([C@H](c2sc3nc(C)nn3c2O)N2C[C@@H](C)O[C@@H](C)C2)cc1. The number of rotatable bonds is 3. The molecule has 0 aliphatic carbocycles. The maximum absolute atomic E-state index is 10.9. The summed E-state index contributed by atoms with van der Waals surface area (Å²) in [5.41, 5.74) is 2.38. The summed E-state index contributed by atoms with van der Waals surface area (Å²) in [7, 11) is 0. The number of fused-ring (bicyclic) bond motifs is 1. The van der Waals surface area contributed by atoms with E-state index in [-0.39, 0.29) is 24.1 Å². The van der Waals surface area contributed by atoms with Crippen LogP contribution >= 0.6 is 11.3 Å². The number of aromatic hydroxyl groups is 1. The zero-order chi connectivity index (χ0) is 18.4. The fourth-order valence-electron chi connectivity index (χ4n) is 3.73. The minimum absolute atomic E-state index is 0.0433. The molecule has 0 amide bonds. The number of benzene rings is 1. The van der Waals surface area contributed by atoms with Gasteiger partial charge in [0.25, 0.3) is 0 Å². The Morgan fingerprint density at radius 3 is 2.42 bits per heavy atom. The van der Waals surface area contributed by atoms with Crippen molar-refractivity contribution < 1.29 is 9.84 Å². The van der Waals surface area contributed by atoms with Crippen LogP contribution in [0.25, 0.3) is 4.96 Å². The van der Waals surface area contributed by atoms with Crippen LogP contribution in [0.4, 0.5) is 0 Å². The first kappa shape index (κ1) is 17.5. The number of aryl methyl sites for hydroxylation is 2. The Morgan fingerprint density at radius 1 is 1.15 bits per heavy atom. The Balaban J connectivity index is 1.82. The average molecular weight is 372 g/mol. The molecular formula is C19H24N4O2S. The van der Waals surface area contributed by atoms with Crippen molar-refractivity contribution in [2.24, 2.45) is 0 Å². The van der Waals surface area contributed by atoms with E-state index in [4.69, 9.17) is 4.74 Å². The van der Waals surface area contributed by atoms with Gasteiger partial charge in [-0.3, -0.25) is 4.90 Å². The Kier molecular flexibility index (Phi) is 4.46. The summed E-state index contributed by atoms with van der Waals surface area (Å²) in [5.74, 6) is 0.849. The molecule has 6 nitrogen and oxygen atoms in total. The van der Waals surface area contributed by atoms with Gasteiger partial charge < -0.3 is 9.84 Å². The van der Waals surface area contributed by atoms with E-state index in [9.17, 15) is 5.11 Å². The van der Waals surface area contributed by atoms with Gasteiger partial charge in [-0.2, -0.15) is 4.52 Å². The molecular weight excluding hydrogens is 348 g/mol. The van der Waals surface area contributed by atoms with E-state index in [2.05, 4.69) is 60.0 Å². The molecule has 3 atom stereocenters. The third-order valence-electron chi connectivity index (χ3n) is 4.76. The van der Waals surface area contributed by atoms with Crippen molar-refractivity contribution in [2.75, 3.05) is 13.1 Å². The van der Waals surface area contributed by atoms with Crippen LogP contribution in [0.3, 0.4) is 0 Å². The summed E-state index contributed by atoms with van der Waals surface area (Å²) in [5, 5.41) is 15.2. The highest BCUT2D eigenvalue weighted by Crippen LogP contribution is 2.40. The first-order valence-electron chi connectivity index (χ1n) is 8.93. The standard InChI is InChI=1S/C19H24N4O2S/c1-11-5-7-15(8-6-11)16(22-9-12(2)25-13(3)10-22)17-18(24)23-19(26-17)20-14(4)21-23/h5-8,12-13,16,24H,9-10H2,1-4H3/t12-,13+,16-/m1/s1. The molecule has 0 saturated carbocycles. The zero-order valence-electron chi connectivity index (χ0n) is 15.5. The second-order valence-electron chi connectivity index (χ2n) is 7.17. The molecule has 3 heterocycles. The molecule has 1 aliphatic heterocycles. The zero-order valence-corrected chi connectivity index (χ0v) is 16.3. The molecule has 1 aliphatic rings. The van der Waals surface area contributed by atoms with Crippen LogP contribution < -0.4 is 0 Å². The molecule has 0 spiro atoms. The van der Waals surface area contributed by atoms with Gasteiger partial charge in [-0.1, -0.05) is 41.2 Å². The average Bonchev–Trinajstić information content (AvgIpc) is 3.07. The smallest absolute Gasteiger partial charge is 0.230 e. The Labute approximate surface area is 157 Å². The van der Waals surface area contributed by atoms with E-state index in [1.165, 1.54) is 16.9 Å². The largest absolute Gasteiger partial charge is 0.492 e. The Bertz CT molecular complexity index is 908. The summed E-state index contributed by atoms with van der Waals surface area (Å²) in [6.45, 7) is 9.74. The lowest BCUT2D eigenvalue weighted by Gasteiger charge is -2.40. The van der Waals surface area contributed by atoms with Crippen LogP contribution in [0.15, 0.2) is 24.3 Å². The van der Waals surface area contributed by atoms with E-state index in [0.29, 0.717) is 5.82 Å². The second kappa shape index (κ2) is 6.64. The van der Waals surface area contributed by atoms with Gasteiger partial charge in [-0.25, -0.2) is 4.98 Å². The molecule has 1 fully saturated rings. The summed E-state index contributed by atoms with van der Waals surface area (Å²) in [4.78, 5) is 8.42. The van der Waals surface area contributed by atoms with E-state index in [1.54, 1.807) is 4.52 Å². The molecule has 0 unspecified atom stereocenters.